The van der Waals surface area contributed by atoms with Crippen LogP contribution in [0.3, 0.4) is 0 Å². The molecule has 1 atom stereocenters. The minimum absolute atomic E-state index is 0.0207. The Morgan fingerprint density at radius 2 is 1.78 bits per heavy atom. The lowest BCUT2D eigenvalue weighted by Crippen LogP contribution is -2.60. The maximum absolute atomic E-state index is 13.4. The number of rotatable bonds is 7. The third kappa shape index (κ3) is 5.93. The first-order chi connectivity index (χ1) is 17.5. The number of alkyl halides is 3. The van der Waals surface area contributed by atoms with E-state index in [9.17, 15) is 26.4 Å². The number of amides is 1. The second-order valence-corrected chi connectivity index (χ2v) is 10.9. The van der Waals surface area contributed by atoms with Crippen molar-refractivity contribution in [2.24, 2.45) is 0 Å². The first-order valence-corrected chi connectivity index (χ1v) is 13.1. The molecule has 0 aliphatic carbocycles. The van der Waals surface area contributed by atoms with E-state index in [1.807, 2.05) is 24.3 Å². The van der Waals surface area contributed by atoms with E-state index in [1.165, 1.54) is 6.33 Å². The van der Waals surface area contributed by atoms with Gasteiger partial charge < -0.3 is 10.2 Å². The molecule has 3 aromatic rings. The van der Waals surface area contributed by atoms with Gasteiger partial charge in [-0.15, -0.1) is 0 Å². The maximum Gasteiger partial charge on any atom is 0.416 e. The molecule has 1 aliphatic heterocycles. The molecule has 4 rings (SSSR count). The van der Waals surface area contributed by atoms with Crippen molar-refractivity contribution in [3.05, 3.63) is 71.5 Å². The molecule has 1 amide bonds. The standard InChI is InChI=1S/C24H27F3N6O3S/c1-16(2)18-5-3-17(4-6-18)13-28-22(34)21-14-32(23-29-15-30-31-23)11-12-33(21)37(35,36)20-9-7-19(8-10-20)24(25,26)27/h3-10,15-16,21H,11-14H2,1-2H3,(H,28,34)(H,29,30,31)/t21-/m1/s1. The monoisotopic (exact) mass is 536 g/mol. The number of benzene rings is 2. The van der Waals surface area contributed by atoms with Gasteiger partial charge in [-0.2, -0.15) is 27.6 Å². The normalized spacial score (nSPS) is 17.2. The average Bonchev–Trinajstić information content (AvgIpc) is 3.42. The van der Waals surface area contributed by atoms with Crippen molar-refractivity contribution in [1.29, 1.82) is 0 Å². The van der Waals surface area contributed by atoms with Crippen LogP contribution < -0.4 is 10.2 Å². The molecule has 13 heteroatoms. The second kappa shape index (κ2) is 10.5. The van der Waals surface area contributed by atoms with Crippen LogP contribution in [-0.2, 0) is 27.5 Å². The number of carbonyl (C=O) groups is 1. The molecule has 0 saturated carbocycles. The van der Waals surface area contributed by atoms with Crippen molar-refractivity contribution in [2.45, 2.75) is 43.4 Å². The SMILES string of the molecule is CC(C)c1ccc(CNC(=O)[C@H]2CN(c3ncn[nH]3)CCN2S(=O)(=O)c2ccc(C(F)(F)F)cc2)cc1. The summed E-state index contributed by atoms with van der Waals surface area (Å²) in [6.07, 6.45) is -3.29. The number of nitrogens with zero attached hydrogens (tertiary/aromatic N) is 4. The number of piperazine rings is 1. The molecule has 2 heterocycles. The quantitative estimate of drug-likeness (QED) is 0.480. The highest BCUT2D eigenvalue weighted by molar-refractivity contribution is 7.89. The largest absolute Gasteiger partial charge is 0.416 e. The van der Waals surface area contributed by atoms with Crippen molar-refractivity contribution in [3.63, 3.8) is 0 Å². The fourth-order valence-corrected chi connectivity index (χ4v) is 5.66. The number of aromatic nitrogens is 3. The van der Waals surface area contributed by atoms with Crippen LogP contribution in [0.15, 0.2) is 59.8 Å². The number of H-pyrrole nitrogens is 1. The summed E-state index contributed by atoms with van der Waals surface area (Å²) < 4.78 is 66.8. The summed E-state index contributed by atoms with van der Waals surface area (Å²) in [6, 6.07) is 9.84. The Balaban J connectivity index is 1.56. The number of anilines is 1. The van der Waals surface area contributed by atoms with Crippen LogP contribution in [0.5, 0.6) is 0 Å². The summed E-state index contributed by atoms with van der Waals surface area (Å²) in [5.41, 5.74) is 1.04. The van der Waals surface area contributed by atoms with Gasteiger partial charge in [0.2, 0.25) is 21.9 Å². The molecule has 1 aromatic heterocycles. The first kappa shape index (κ1) is 26.6. The average molecular weight is 537 g/mol. The van der Waals surface area contributed by atoms with Gasteiger partial charge in [-0.1, -0.05) is 38.1 Å². The lowest BCUT2D eigenvalue weighted by molar-refractivity contribution is -0.137. The molecular formula is C24H27F3N6O3S. The second-order valence-electron chi connectivity index (χ2n) is 9.02. The van der Waals surface area contributed by atoms with Gasteiger partial charge in [0.1, 0.15) is 12.4 Å². The fraction of sp³-hybridized carbons (Fsp3) is 0.375. The Morgan fingerprint density at radius 3 is 2.35 bits per heavy atom. The predicted molar refractivity (Wildman–Crippen MR) is 130 cm³/mol. The summed E-state index contributed by atoms with van der Waals surface area (Å²) in [5, 5.41) is 9.31. The van der Waals surface area contributed by atoms with Crippen molar-refractivity contribution >= 4 is 21.9 Å². The van der Waals surface area contributed by atoms with Crippen LogP contribution in [0.25, 0.3) is 0 Å². The molecule has 2 N–H and O–H groups in total. The number of nitrogens with one attached hydrogen (secondary N) is 2. The third-order valence-electron chi connectivity index (χ3n) is 6.24. The predicted octanol–water partition coefficient (Wildman–Crippen LogP) is 3.14. The molecule has 1 saturated heterocycles. The van der Waals surface area contributed by atoms with Crippen LogP contribution in [0.4, 0.5) is 19.1 Å². The van der Waals surface area contributed by atoms with E-state index in [0.29, 0.717) is 24.0 Å². The van der Waals surface area contributed by atoms with Crippen LogP contribution in [0.2, 0.25) is 0 Å². The topological polar surface area (TPSA) is 111 Å². The Morgan fingerprint density at radius 1 is 1.11 bits per heavy atom. The fourth-order valence-electron chi connectivity index (χ4n) is 4.09. The summed E-state index contributed by atoms with van der Waals surface area (Å²) in [4.78, 5) is 18.8. The van der Waals surface area contributed by atoms with Crippen molar-refractivity contribution < 1.29 is 26.4 Å². The summed E-state index contributed by atoms with van der Waals surface area (Å²) in [5.74, 6) is 0.207. The number of sulfonamides is 1. The molecule has 2 aromatic carbocycles. The summed E-state index contributed by atoms with van der Waals surface area (Å²) >= 11 is 0. The van der Waals surface area contributed by atoms with E-state index in [4.69, 9.17) is 0 Å². The van der Waals surface area contributed by atoms with Gasteiger partial charge in [0, 0.05) is 26.2 Å². The lowest BCUT2D eigenvalue weighted by atomic mass is 10.0. The zero-order valence-corrected chi connectivity index (χ0v) is 21.1. The van der Waals surface area contributed by atoms with Crippen LogP contribution in [0, 0.1) is 0 Å². The van der Waals surface area contributed by atoms with Gasteiger partial charge in [0.05, 0.1) is 10.5 Å². The van der Waals surface area contributed by atoms with Gasteiger partial charge >= 0.3 is 6.18 Å². The molecule has 1 aliphatic rings. The van der Waals surface area contributed by atoms with Crippen LogP contribution in [0.1, 0.15) is 36.5 Å². The number of hydrogen-bond acceptors (Lipinski definition) is 6. The summed E-state index contributed by atoms with van der Waals surface area (Å²) in [6.45, 7) is 4.44. The zero-order valence-electron chi connectivity index (χ0n) is 20.2. The number of aromatic amines is 1. The van der Waals surface area contributed by atoms with Gasteiger partial charge in [-0.25, -0.2) is 13.5 Å². The van der Waals surface area contributed by atoms with Gasteiger partial charge in [-0.05, 0) is 41.3 Å². The van der Waals surface area contributed by atoms with Crippen molar-refractivity contribution in [2.75, 3.05) is 24.5 Å². The number of hydrogen-bond donors (Lipinski definition) is 2. The van der Waals surface area contributed by atoms with Gasteiger partial charge in [-0.3, -0.25) is 4.79 Å². The Kier molecular flexibility index (Phi) is 7.55. The van der Waals surface area contributed by atoms with E-state index >= 15 is 0 Å². The number of carbonyl (C=O) groups excluding carboxylic acids is 1. The highest BCUT2D eigenvalue weighted by Gasteiger charge is 2.41. The van der Waals surface area contributed by atoms with Crippen molar-refractivity contribution in [3.8, 4) is 0 Å². The maximum atomic E-state index is 13.4. The van der Waals surface area contributed by atoms with E-state index < -0.39 is 33.7 Å². The van der Waals surface area contributed by atoms with Gasteiger partial charge in [0.25, 0.3) is 0 Å². The molecule has 1 fully saturated rings. The van der Waals surface area contributed by atoms with Crippen LogP contribution in [-0.4, -0.2) is 59.5 Å². The minimum atomic E-state index is -4.60. The molecular weight excluding hydrogens is 509 g/mol. The molecule has 0 unspecified atom stereocenters. The highest BCUT2D eigenvalue weighted by Crippen LogP contribution is 2.31. The van der Waals surface area contributed by atoms with E-state index in [2.05, 4.69) is 34.3 Å². The van der Waals surface area contributed by atoms with E-state index in [0.717, 1.165) is 27.6 Å². The molecule has 198 valence electrons. The molecule has 9 nitrogen and oxygen atoms in total. The van der Waals surface area contributed by atoms with Crippen molar-refractivity contribution in [1.82, 2.24) is 24.8 Å². The molecule has 0 spiro atoms. The summed E-state index contributed by atoms with van der Waals surface area (Å²) in [7, 11) is -4.28. The third-order valence-corrected chi connectivity index (χ3v) is 8.16. The molecule has 0 radical (unpaired) electrons. The first-order valence-electron chi connectivity index (χ1n) is 11.6. The Bertz CT molecular complexity index is 1310. The van der Waals surface area contributed by atoms with E-state index in [1.54, 1.807) is 4.90 Å². The smallest absolute Gasteiger partial charge is 0.351 e. The molecule has 0 bridgehead atoms. The molecule has 37 heavy (non-hydrogen) atoms. The Hall–Kier alpha value is -3.45. The zero-order chi connectivity index (χ0) is 26.8. The van der Waals surface area contributed by atoms with Crippen LogP contribution >= 0.6 is 0 Å². The Labute approximate surface area is 212 Å². The van der Waals surface area contributed by atoms with E-state index in [-0.39, 0.29) is 31.1 Å². The lowest BCUT2D eigenvalue weighted by Gasteiger charge is -2.39. The minimum Gasteiger partial charge on any atom is -0.351 e. The number of halogens is 3. The highest BCUT2D eigenvalue weighted by atomic mass is 32.2. The van der Waals surface area contributed by atoms with Gasteiger partial charge in [0.15, 0.2) is 0 Å².